The first-order chi connectivity index (χ1) is 14.3. The Hall–Kier alpha value is -2.96. The third kappa shape index (κ3) is 5.53. The maximum atomic E-state index is 6.07. The van der Waals surface area contributed by atoms with Crippen LogP contribution in [0.15, 0.2) is 41.5 Å². The Morgan fingerprint density at radius 2 is 1.90 bits per heavy atom. The summed E-state index contributed by atoms with van der Waals surface area (Å²) < 4.78 is 17.4. The lowest BCUT2D eigenvalue weighted by Crippen LogP contribution is -2.22. The van der Waals surface area contributed by atoms with E-state index < -0.39 is 0 Å². The van der Waals surface area contributed by atoms with Crippen molar-refractivity contribution in [2.75, 3.05) is 18.5 Å². The van der Waals surface area contributed by atoms with E-state index in [0.29, 0.717) is 31.6 Å². The second-order valence-corrected chi connectivity index (χ2v) is 7.42. The average molecular weight is 396 g/mol. The lowest BCUT2D eigenvalue weighted by atomic mass is 9.98. The highest BCUT2D eigenvalue weighted by Crippen LogP contribution is 2.32. The van der Waals surface area contributed by atoms with Gasteiger partial charge in [-0.3, -0.25) is 0 Å². The van der Waals surface area contributed by atoms with Crippen LogP contribution < -0.4 is 25.3 Å². The molecular formula is C22H28N4O3. The summed E-state index contributed by atoms with van der Waals surface area (Å²) >= 11 is 0. The number of hydrogen-bond donors (Lipinski definition) is 2. The number of ether oxygens (including phenoxy) is 3. The van der Waals surface area contributed by atoms with Gasteiger partial charge in [0.2, 0.25) is 5.88 Å². The molecule has 2 aliphatic rings. The molecule has 29 heavy (non-hydrogen) atoms. The molecule has 0 amide bonds. The minimum absolute atomic E-state index is 0.279. The van der Waals surface area contributed by atoms with Gasteiger partial charge in [0, 0.05) is 30.4 Å². The van der Waals surface area contributed by atoms with Crippen LogP contribution in [0.25, 0.3) is 0 Å². The van der Waals surface area contributed by atoms with E-state index in [4.69, 9.17) is 19.9 Å². The number of rotatable bonds is 5. The highest BCUT2D eigenvalue weighted by Gasteiger charge is 2.15. The van der Waals surface area contributed by atoms with E-state index in [1.165, 1.54) is 19.3 Å². The summed E-state index contributed by atoms with van der Waals surface area (Å²) in [6.45, 7) is 1.77. The monoisotopic (exact) mass is 396 g/mol. The van der Waals surface area contributed by atoms with E-state index >= 15 is 0 Å². The lowest BCUT2D eigenvalue weighted by molar-refractivity contribution is 0.148. The van der Waals surface area contributed by atoms with E-state index in [9.17, 15) is 0 Å². The molecule has 0 radical (unpaired) electrons. The first-order valence-corrected chi connectivity index (χ1v) is 10.3. The Morgan fingerprint density at radius 3 is 2.76 bits per heavy atom. The second kappa shape index (κ2) is 9.49. The van der Waals surface area contributed by atoms with Gasteiger partial charge in [-0.15, -0.1) is 0 Å². The molecule has 0 atom stereocenters. The molecular weight excluding hydrogens is 368 g/mol. The van der Waals surface area contributed by atoms with Crippen molar-refractivity contribution >= 4 is 11.6 Å². The van der Waals surface area contributed by atoms with Gasteiger partial charge in [0.05, 0.1) is 19.8 Å². The number of pyridine rings is 1. The molecule has 3 N–H and O–H groups in total. The van der Waals surface area contributed by atoms with Crippen molar-refractivity contribution in [2.45, 2.75) is 51.2 Å². The van der Waals surface area contributed by atoms with Crippen molar-refractivity contribution in [1.29, 1.82) is 0 Å². The van der Waals surface area contributed by atoms with E-state index in [2.05, 4.69) is 15.3 Å². The Labute approximate surface area is 171 Å². The molecule has 154 valence electrons. The fraction of sp³-hybridized carbons (Fsp3) is 0.455. The van der Waals surface area contributed by atoms with Crippen molar-refractivity contribution in [2.24, 2.45) is 10.7 Å². The molecule has 1 aromatic carbocycles. The van der Waals surface area contributed by atoms with Gasteiger partial charge in [-0.2, -0.15) is 0 Å². The number of aromatic nitrogens is 1. The summed E-state index contributed by atoms with van der Waals surface area (Å²) in [5.41, 5.74) is 7.89. The number of nitrogens with two attached hydrogens (primary N) is 1. The fourth-order valence-corrected chi connectivity index (χ4v) is 3.57. The number of nitrogens with one attached hydrogen (secondary N) is 1. The summed E-state index contributed by atoms with van der Waals surface area (Å²) in [5, 5.41) is 3.11. The summed E-state index contributed by atoms with van der Waals surface area (Å²) in [6, 6.07) is 9.54. The van der Waals surface area contributed by atoms with Crippen LogP contribution in [-0.4, -0.2) is 30.3 Å². The Kier molecular flexibility index (Phi) is 6.34. The minimum atomic E-state index is 0.279. The summed E-state index contributed by atoms with van der Waals surface area (Å²) in [7, 11) is 0. The zero-order valence-corrected chi connectivity index (χ0v) is 16.6. The minimum Gasteiger partial charge on any atom is -0.490 e. The van der Waals surface area contributed by atoms with E-state index in [0.717, 1.165) is 42.0 Å². The number of guanidine groups is 1. The van der Waals surface area contributed by atoms with Crippen molar-refractivity contribution in [3.8, 4) is 17.4 Å². The van der Waals surface area contributed by atoms with Crippen LogP contribution in [0, 0.1) is 0 Å². The number of aliphatic imine (C=N–C) groups is 1. The first kappa shape index (κ1) is 19.4. The molecule has 0 unspecified atom stereocenters. The fourth-order valence-electron chi connectivity index (χ4n) is 3.57. The molecule has 1 fully saturated rings. The average Bonchev–Trinajstić information content (AvgIpc) is 2.98. The molecule has 0 saturated heterocycles. The van der Waals surface area contributed by atoms with Crippen LogP contribution in [0.3, 0.4) is 0 Å². The molecule has 1 aliphatic heterocycles. The Bertz CT molecular complexity index is 850. The predicted molar refractivity (Wildman–Crippen MR) is 113 cm³/mol. The second-order valence-electron chi connectivity index (χ2n) is 7.42. The maximum absolute atomic E-state index is 6.07. The van der Waals surface area contributed by atoms with Gasteiger partial charge >= 0.3 is 0 Å². The van der Waals surface area contributed by atoms with Gasteiger partial charge in [-0.1, -0.05) is 6.42 Å². The number of hydrogen-bond acceptors (Lipinski definition) is 5. The largest absolute Gasteiger partial charge is 0.490 e. The SMILES string of the molecule is NC(=NCc1ccnc(OC2CCCCC2)c1)Nc1ccc2c(c1)OCCCO2. The Balaban J connectivity index is 1.35. The van der Waals surface area contributed by atoms with Crippen molar-refractivity contribution in [3.05, 3.63) is 42.1 Å². The third-order valence-corrected chi connectivity index (χ3v) is 5.09. The molecule has 2 aromatic rings. The standard InChI is InChI=1S/C22H28N4O3/c23-22(26-17-7-8-19-20(14-17)28-12-4-11-27-19)25-15-16-9-10-24-21(13-16)29-18-5-2-1-3-6-18/h7-10,13-14,18H,1-6,11-12,15H2,(H3,23,25,26). The van der Waals surface area contributed by atoms with Crippen LogP contribution in [0.4, 0.5) is 5.69 Å². The van der Waals surface area contributed by atoms with Gasteiger partial charge in [0.25, 0.3) is 0 Å². The van der Waals surface area contributed by atoms with Crippen LogP contribution in [0.2, 0.25) is 0 Å². The molecule has 2 heterocycles. The van der Waals surface area contributed by atoms with E-state index in [-0.39, 0.29) is 6.10 Å². The summed E-state index contributed by atoms with van der Waals surface area (Å²) in [5.74, 6) is 2.48. The molecule has 1 aromatic heterocycles. The molecule has 0 spiro atoms. The smallest absolute Gasteiger partial charge is 0.213 e. The van der Waals surface area contributed by atoms with E-state index in [1.807, 2.05) is 30.3 Å². The van der Waals surface area contributed by atoms with Crippen molar-refractivity contribution in [3.63, 3.8) is 0 Å². The lowest BCUT2D eigenvalue weighted by Gasteiger charge is -2.22. The summed E-state index contributed by atoms with van der Waals surface area (Å²) in [4.78, 5) is 8.77. The quantitative estimate of drug-likeness (QED) is 0.589. The number of benzene rings is 1. The molecule has 7 nitrogen and oxygen atoms in total. The van der Waals surface area contributed by atoms with E-state index in [1.54, 1.807) is 6.20 Å². The van der Waals surface area contributed by atoms with Gasteiger partial charge in [0.1, 0.15) is 6.10 Å². The van der Waals surface area contributed by atoms with Crippen LogP contribution >= 0.6 is 0 Å². The van der Waals surface area contributed by atoms with Gasteiger partial charge in [-0.05, 0) is 49.4 Å². The number of fused-ring (bicyclic) bond motifs is 1. The van der Waals surface area contributed by atoms with Gasteiger partial charge in [0.15, 0.2) is 17.5 Å². The van der Waals surface area contributed by atoms with Crippen LogP contribution in [0.5, 0.6) is 17.4 Å². The number of anilines is 1. The van der Waals surface area contributed by atoms with Gasteiger partial charge in [-0.25, -0.2) is 9.98 Å². The molecule has 1 saturated carbocycles. The third-order valence-electron chi connectivity index (χ3n) is 5.09. The zero-order chi connectivity index (χ0) is 19.9. The number of nitrogens with zero attached hydrogens (tertiary/aromatic N) is 2. The normalized spacial score (nSPS) is 17.4. The first-order valence-electron chi connectivity index (χ1n) is 10.3. The molecule has 4 rings (SSSR count). The predicted octanol–water partition coefficient (Wildman–Crippen LogP) is 3.88. The van der Waals surface area contributed by atoms with Crippen LogP contribution in [0.1, 0.15) is 44.1 Å². The molecule has 1 aliphatic carbocycles. The van der Waals surface area contributed by atoms with Crippen molar-refractivity contribution < 1.29 is 14.2 Å². The topological polar surface area (TPSA) is 91.0 Å². The van der Waals surface area contributed by atoms with Crippen molar-refractivity contribution in [1.82, 2.24) is 4.98 Å². The highest BCUT2D eigenvalue weighted by atomic mass is 16.5. The molecule has 7 heteroatoms. The zero-order valence-electron chi connectivity index (χ0n) is 16.6. The summed E-state index contributed by atoms with van der Waals surface area (Å²) in [6.07, 6.45) is 8.90. The highest BCUT2D eigenvalue weighted by molar-refractivity contribution is 5.92. The molecule has 0 bridgehead atoms. The van der Waals surface area contributed by atoms with Gasteiger partial charge < -0.3 is 25.3 Å². The van der Waals surface area contributed by atoms with Crippen LogP contribution in [-0.2, 0) is 6.54 Å². The Morgan fingerprint density at radius 1 is 1.07 bits per heavy atom. The maximum Gasteiger partial charge on any atom is 0.213 e.